The van der Waals surface area contributed by atoms with Gasteiger partial charge < -0.3 is 14.5 Å². The van der Waals surface area contributed by atoms with Crippen molar-refractivity contribution in [3.05, 3.63) is 59.7 Å². The molecule has 32 heavy (non-hydrogen) atoms. The Hall–Kier alpha value is -2.67. The topological polar surface area (TPSA) is 36.0 Å². The molecule has 0 N–H and O–H groups in total. The van der Waals surface area contributed by atoms with Crippen molar-refractivity contribution in [1.29, 1.82) is 0 Å². The third-order valence-electron chi connectivity index (χ3n) is 7.09. The fraction of sp³-hybridized carbons (Fsp3) is 0.480. The first-order valence-corrected chi connectivity index (χ1v) is 11.5. The lowest BCUT2D eigenvalue weighted by Crippen LogP contribution is -2.52. The van der Waals surface area contributed by atoms with Gasteiger partial charge in [-0.05, 0) is 48.9 Å². The third kappa shape index (κ3) is 4.18. The monoisotopic (exact) mass is 441 g/mol. The van der Waals surface area contributed by atoms with E-state index in [9.17, 15) is 13.6 Å². The minimum Gasteiger partial charge on any atom is -0.435 e. The lowest BCUT2D eigenvalue weighted by atomic mass is 9.87. The van der Waals surface area contributed by atoms with Crippen LogP contribution in [0.5, 0.6) is 5.75 Å². The van der Waals surface area contributed by atoms with Crippen molar-refractivity contribution in [2.75, 3.05) is 37.6 Å². The third-order valence-corrected chi connectivity index (χ3v) is 7.09. The van der Waals surface area contributed by atoms with Crippen LogP contribution >= 0.6 is 0 Å². The van der Waals surface area contributed by atoms with Gasteiger partial charge in [-0.2, -0.15) is 8.78 Å². The maximum absolute atomic E-state index is 13.4. The second-order valence-corrected chi connectivity index (χ2v) is 8.84. The second-order valence-electron chi connectivity index (χ2n) is 8.84. The number of anilines is 1. The Kier molecular flexibility index (Phi) is 6.00. The van der Waals surface area contributed by atoms with Crippen molar-refractivity contribution in [3.8, 4) is 5.75 Å². The van der Waals surface area contributed by atoms with Crippen molar-refractivity contribution >= 4 is 11.6 Å². The number of hydrogen-bond acceptors (Lipinski definition) is 4. The van der Waals surface area contributed by atoms with Crippen LogP contribution in [-0.2, 0) is 11.2 Å². The van der Waals surface area contributed by atoms with Gasteiger partial charge in [-0.25, -0.2) is 0 Å². The second kappa shape index (κ2) is 9.06. The molecule has 3 aliphatic rings. The zero-order chi connectivity index (χ0) is 22.1. The number of alkyl halides is 2. The standard InChI is InChI=1S/C25H29F2N3O2/c26-25(27)32-20-8-4-7-19(17-20)28-13-15-29(16-14-28)23-11-12-30(24(23)31)22-10-3-6-18-5-1-2-9-21(18)22/h1-2,4-5,7-9,17,22-23,25H,3,6,10-16H2. The molecule has 2 aromatic carbocycles. The molecule has 5 nitrogen and oxygen atoms in total. The van der Waals surface area contributed by atoms with Crippen LogP contribution in [0.3, 0.4) is 0 Å². The summed E-state index contributed by atoms with van der Waals surface area (Å²) in [5.74, 6) is 0.432. The first-order chi connectivity index (χ1) is 15.6. The number of amides is 1. The number of aryl methyl sites for hydroxylation is 1. The Bertz CT molecular complexity index is 962. The Morgan fingerprint density at radius 2 is 1.72 bits per heavy atom. The minimum atomic E-state index is -2.82. The molecule has 5 rings (SSSR count). The molecule has 0 bridgehead atoms. The summed E-state index contributed by atoms with van der Waals surface area (Å²) in [6.07, 6.45) is 4.14. The molecule has 2 aromatic rings. The molecule has 0 aromatic heterocycles. The molecule has 2 atom stereocenters. The van der Waals surface area contributed by atoms with E-state index in [1.807, 2.05) is 6.07 Å². The lowest BCUT2D eigenvalue weighted by molar-refractivity contribution is -0.134. The number of benzene rings is 2. The maximum Gasteiger partial charge on any atom is 0.387 e. The molecule has 170 valence electrons. The molecule has 7 heteroatoms. The molecule has 1 amide bonds. The number of nitrogens with zero attached hydrogens (tertiary/aromatic N) is 3. The zero-order valence-corrected chi connectivity index (χ0v) is 18.1. The van der Waals surface area contributed by atoms with Gasteiger partial charge >= 0.3 is 6.61 Å². The number of fused-ring (bicyclic) bond motifs is 1. The molecule has 1 aliphatic carbocycles. The number of rotatable bonds is 5. The van der Waals surface area contributed by atoms with Crippen LogP contribution in [-0.4, -0.2) is 61.1 Å². The Morgan fingerprint density at radius 1 is 0.906 bits per heavy atom. The van der Waals surface area contributed by atoms with E-state index in [-0.39, 0.29) is 23.7 Å². The minimum absolute atomic E-state index is 0.0558. The molecule has 2 saturated heterocycles. The quantitative estimate of drug-likeness (QED) is 0.700. The van der Waals surface area contributed by atoms with Crippen LogP contribution in [0.4, 0.5) is 14.5 Å². The van der Waals surface area contributed by atoms with Crippen LogP contribution in [0.1, 0.15) is 36.4 Å². The molecule has 2 fully saturated rings. The first-order valence-electron chi connectivity index (χ1n) is 11.5. The predicted molar refractivity (Wildman–Crippen MR) is 119 cm³/mol. The average Bonchev–Trinajstić information content (AvgIpc) is 3.19. The van der Waals surface area contributed by atoms with Gasteiger partial charge in [0.2, 0.25) is 5.91 Å². The summed E-state index contributed by atoms with van der Waals surface area (Å²) in [5.41, 5.74) is 3.58. The molecule has 2 unspecified atom stereocenters. The zero-order valence-electron chi connectivity index (χ0n) is 18.1. The highest BCUT2D eigenvalue weighted by molar-refractivity contribution is 5.84. The molecular weight excluding hydrogens is 412 g/mol. The van der Waals surface area contributed by atoms with Gasteiger partial charge in [-0.3, -0.25) is 9.69 Å². The van der Waals surface area contributed by atoms with E-state index >= 15 is 0 Å². The molecular formula is C25H29F2N3O2. The summed E-state index contributed by atoms with van der Waals surface area (Å²) in [5, 5.41) is 0. The van der Waals surface area contributed by atoms with Crippen LogP contribution < -0.4 is 9.64 Å². The maximum atomic E-state index is 13.4. The van der Waals surface area contributed by atoms with E-state index in [0.717, 1.165) is 64.1 Å². The van der Waals surface area contributed by atoms with Crippen molar-refractivity contribution in [1.82, 2.24) is 9.80 Å². The van der Waals surface area contributed by atoms with Gasteiger partial charge in [0, 0.05) is 44.5 Å². The van der Waals surface area contributed by atoms with Crippen LogP contribution in [0, 0.1) is 0 Å². The summed E-state index contributed by atoms with van der Waals surface area (Å²) in [6, 6.07) is 15.5. The van der Waals surface area contributed by atoms with Gasteiger partial charge in [-0.15, -0.1) is 0 Å². The average molecular weight is 442 g/mol. The Morgan fingerprint density at radius 3 is 2.53 bits per heavy atom. The molecule has 0 spiro atoms. The van der Waals surface area contributed by atoms with Crippen molar-refractivity contribution < 1.29 is 18.3 Å². The van der Waals surface area contributed by atoms with E-state index in [0.29, 0.717) is 0 Å². The summed E-state index contributed by atoms with van der Waals surface area (Å²) >= 11 is 0. The SMILES string of the molecule is O=C1C(N2CCN(c3cccc(OC(F)F)c3)CC2)CCN1C1CCCc2ccccc21. The van der Waals surface area contributed by atoms with E-state index in [1.165, 1.54) is 11.1 Å². The van der Waals surface area contributed by atoms with Gasteiger partial charge in [0.05, 0.1) is 12.1 Å². The van der Waals surface area contributed by atoms with Gasteiger partial charge in [-0.1, -0.05) is 30.3 Å². The summed E-state index contributed by atoms with van der Waals surface area (Å²) in [7, 11) is 0. The Labute approximate surface area is 187 Å². The van der Waals surface area contributed by atoms with Gasteiger partial charge in [0.1, 0.15) is 5.75 Å². The summed E-state index contributed by atoms with van der Waals surface area (Å²) < 4.78 is 29.6. The van der Waals surface area contributed by atoms with Gasteiger partial charge in [0.25, 0.3) is 0 Å². The van der Waals surface area contributed by atoms with E-state index in [2.05, 4.69) is 43.7 Å². The van der Waals surface area contributed by atoms with Crippen LogP contribution in [0.25, 0.3) is 0 Å². The van der Waals surface area contributed by atoms with E-state index in [1.54, 1.807) is 18.2 Å². The lowest BCUT2D eigenvalue weighted by Gasteiger charge is -2.39. The number of carbonyl (C=O) groups is 1. The van der Waals surface area contributed by atoms with Crippen molar-refractivity contribution in [2.45, 2.75) is 44.4 Å². The smallest absolute Gasteiger partial charge is 0.387 e. The number of carbonyl (C=O) groups excluding carboxylic acids is 1. The fourth-order valence-electron chi connectivity index (χ4n) is 5.53. The molecule has 2 aliphatic heterocycles. The van der Waals surface area contributed by atoms with E-state index < -0.39 is 6.61 Å². The highest BCUT2D eigenvalue weighted by Gasteiger charge is 2.41. The van der Waals surface area contributed by atoms with Crippen molar-refractivity contribution in [2.24, 2.45) is 0 Å². The number of halogens is 2. The highest BCUT2D eigenvalue weighted by atomic mass is 19.3. The molecule has 0 saturated carbocycles. The molecule has 0 radical (unpaired) electrons. The molecule has 2 heterocycles. The van der Waals surface area contributed by atoms with Crippen molar-refractivity contribution in [3.63, 3.8) is 0 Å². The van der Waals surface area contributed by atoms with Crippen LogP contribution in [0.2, 0.25) is 0 Å². The summed E-state index contributed by atoms with van der Waals surface area (Å²) in [4.78, 5) is 20.0. The van der Waals surface area contributed by atoms with Gasteiger partial charge in [0.15, 0.2) is 0 Å². The number of ether oxygens (including phenoxy) is 1. The number of hydrogen-bond donors (Lipinski definition) is 0. The largest absolute Gasteiger partial charge is 0.435 e. The van der Waals surface area contributed by atoms with E-state index in [4.69, 9.17) is 0 Å². The number of piperazine rings is 1. The summed E-state index contributed by atoms with van der Waals surface area (Å²) in [6.45, 7) is 1.07. The Balaban J connectivity index is 1.22. The normalized spacial score (nSPS) is 24.2. The predicted octanol–water partition coefficient (Wildman–Crippen LogP) is 4.09. The first kappa shape index (κ1) is 21.2. The highest BCUT2D eigenvalue weighted by Crippen LogP contribution is 2.37. The van der Waals surface area contributed by atoms with Crippen LogP contribution in [0.15, 0.2) is 48.5 Å². The number of likely N-dealkylation sites (tertiary alicyclic amines) is 1. The fourth-order valence-corrected chi connectivity index (χ4v) is 5.53.